The molecule has 10 rings (SSSR count). The largest absolute Gasteiger partial charge is 0.307 e. The highest BCUT2D eigenvalue weighted by atomic mass is 32.1. The number of fused-ring (bicyclic) bond motifs is 7. The molecule has 4 aromatic heterocycles. The summed E-state index contributed by atoms with van der Waals surface area (Å²) in [7, 11) is 0. The van der Waals surface area contributed by atoms with Gasteiger partial charge in [0.1, 0.15) is 4.83 Å². The zero-order valence-corrected chi connectivity index (χ0v) is 27.5. The van der Waals surface area contributed by atoms with E-state index in [1.165, 1.54) is 26.2 Å². The zero-order valence-electron chi connectivity index (χ0n) is 26.7. The third-order valence-electron chi connectivity index (χ3n) is 9.27. The van der Waals surface area contributed by atoms with Crippen LogP contribution in [0.5, 0.6) is 0 Å². The molecule has 4 heterocycles. The fourth-order valence-electron chi connectivity index (χ4n) is 6.99. The molecule has 0 fully saturated rings. The van der Waals surface area contributed by atoms with Gasteiger partial charge in [0.05, 0.1) is 16.7 Å². The summed E-state index contributed by atoms with van der Waals surface area (Å²) in [4.78, 5) is 21.3. The molecule has 6 heteroatoms. The van der Waals surface area contributed by atoms with Crippen molar-refractivity contribution in [1.82, 2.24) is 24.5 Å². The van der Waals surface area contributed by atoms with E-state index < -0.39 is 0 Å². The highest BCUT2D eigenvalue weighted by Gasteiger charge is 2.23. The van der Waals surface area contributed by atoms with Crippen molar-refractivity contribution in [3.63, 3.8) is 0 Å². The van der Waals surface area contributed by atoms with Crippen LogP contribution < -0.4 is 0 Å². The van der Waals surface area contributed by atoms with Gasteiger partial charge in [-0.3, -0.25) is 0 Å². The second-order valence-corrected chi connectivity index (χ2v) is 13.3. The summed E-state index contributed by atoms with van der Waals surface area (Å²) in [5.41, 5.74) is 8.12. The summed E-state index contributed by atoms with van der Waals surface area (Å²) in [6.07, 6.45) is 0. The maximum Gasteiger partial charge on any atom is 0.164 e. The van der Waals surface area contributed by atoms with Crippen LogP contribution >= 0.6 is 11.3 Å². The summed E-state index contributed by atoms with van der Waals surface area (Å²) in [5.74, 6) is 1.91. The second-order valence-electron chi connectivity index (χ2n) is 12.3. The van der Waals surface area contributed by atoms with E-state index in [1.807, 2.05) is 60.7 Å². The molecule has 0 atom stereocenters. The quantitative estimate of drug-likeness (QED) is 0.185. The van der Waals surface area contributed by atoms with Crippen molar-refractivity contribution in [1.29, 1.82) is 0 Å². The number of hydrogen-bond acceptors (Lipinski definition) is 5. The van der Waals surface area contributed by atoms with E-state index >= 15 is 0 Å². The molecule has 0 saturated carbocycles. The smallest absolute Gasteiger partial charge is 0.164 e. The molecule has 0 unspecified atom stereocenters. The van der Waals surface area contributed by atoms with E-state index in [4.69, 9.17) is 19.9 Å². The van der Waals surface area contributed by atoms with E-state index in [9.17, 15) is 0 Å². The number of rotatable bonds is 5. The molecule has 234 valence electrons. The molecule has 10 aromatic rings. The van der Waals surface area contributed by atoms with Crippen molar-refractivity contribution >= 4 is 53.4 Å². The van der Waals surface area contributed by atoms with Crippen LogP contribution in [0.2, 0.25) is 0 Å². The number of thiophene rings is 1. The van der Waals surface area contributed by atoms with E-state index in [1.54, 1.807) is 11.3 Å². The van der Waals surface area contributed by atoms with Crippen LogP contribution in [-0.2, 0) is 0 Å². The lowest BCUT2D eigenvalue weighted by atomic mass is 10.0. The maximum atomic E-state index is 5.46. The Labute approximate surface area is 291 Å². The molecule has 0 aliphatic carbocycles. The van der Waals surface area contributed by atoms with Gasteiger partial charge in [0.25, 0.3) is 0 Å². The predicted molar refractivity (Wildman–Crippen MR) is 207 cm³/mol. The van der Waals surface area contributed by atoms with Crippen LogP contribution in [0.3, 0.4) is 0 Å². The average molecular weight is 658 g/mol. The lowest BCUT2D eigenvalue weighted by Gasteiger charge is -2.12. The number of pyridine rings is 1. The van der Waals surface area contributed by atoms with Crippen molar-refractivity contribution in [3.05, 3.63) is 164 Å². The number of nitrogens with zero attached hydrogens (tertiary/aromatic N) is 5. The van der Waals surface area contributed by atoms with E-state index in [2.05, 4.69) is 108 Å². The van der Waals surface area contributed by atoms with Crippen molar-refractivity contribution in [3.8, 4) is 51.1 Å². The minimum atomic E-state index is 0.626. The van der Waals surface area contributed by atoms with Crippen molar-refractivity contribution in [2.75, 3.05) is 0 Å². The Morgan fingerprint density at radius 3 is 1.54 bits per heavy atom. The standard InChI is InChI=1S/C44H27N5S/c1-4-14-29(15-5-1)41-46-42(30-16-6-2-7-17-30)48-43(47-41)31-26-24-28(25-27-31)39-40-37(38-34-21-11-13-23-36(34)50-44(38)45-39)33-20-10-12-22-35(33)49(40)32-18-8-3-9-19-32/h1-27H. The Morgan fingerprint density at radius 1 is 0.400 bits per heavy atom. The van der Waals surface area contributed by atoms with Crippen LogP contribution in [0, 0.1) is 0 Å². The van der Waals surface area contributed by atoms with Gasteiger partial charge in [-0.25, -0.2) is 19.9 Å². The van der Waals surface area contributed by atoms with Gasteiger partial charge >= 0.3 is 0 Å². The summed E-state index contributed by atoms with van der Waals surface area (Å²) in [6, 6.07) is 56.6. The van der Waals surface area contributed by atoms with Gasteiger partial charge in [0, 0.05) is 54.2 Å². The summed E-state index contributed by atoms with van der Waals surface area (Å²) in [5, 5.41) is 4.88. The van der Waals surface area contributed by atoms with Gasteiger partial charge in [0.2, 0.25) is 0 Å². The molecule has 0 spiro atoms. The zero-order chi connectivity index (χ0) is 33.0. The molecule has 6 aromatic carbocycles. The van der Waals surface area contributed by atoms with Crippen LogP contribution in [0.15, 0.2) is 164 Å². The highest BCUT2D eigenvalue weighted by Crippen LogP contribution is 2.45. The molecule has 0 bridgehead atoms. The third kappa shape index (κ3) is 4.61. The van der Waals surface area contributed by atoms with Gasteiger partial charge in [-0.05, 0) is 24.3 Å². The first kappa shape index (κ1) is 28.5. The maximum absolute atomic E-state index is 5.46. The van der Waals surface area contributed by atoms with Gasteiger partial charge in [-0.15, -0.1) is 11.3 Å². The average Bonchev–Trinajstić information content (AvgIpc) is 3.74. The predicted octanol–water partition coefficient (Wildman–Crippen LogP) is 11.4. The number of benzene rings is 6. The molecule has 50 heavy (non-hydrogen) atoms. The fourth-order valence-corrected chi connectivity index (χ4v) is 8.07. The highest BCUT2D eigenvalue weighted by molar-refractivity contribution is 7.25. The summed E-state index contributed by atoms with van der Waals surface area (Å²) < 4.78 is 3.61. The monoisotopic (exact) mass is 657 g/mol. The Balaban J connectivity index is 1.21. The van der Waals surface area contributed by atoms with Gasteiger partial charge in [-0.2, -0.15) is 0 Å². The van der Waals surface area contributed by atoms with Gasteiger partial charge < -0.3 is 4.57 Å². The Hall–Kier alpha value is -6.50. The van der Waals surface area contributed by atoms with Crippen LogP contribution in [0.4, 0.5) is 0 Å². The number of aromatic nitrogens is 5. The van der Waals surface area contributed by atoms with Crippen molar-refractivity contribution in [2.45, 2.75) is 0 Å². The third-order valence-corrected chi connectivity index (χ3v) is 10.3. The molecular formula is C44H27N5S. The Morgan fingerprint density at radius 2 is 0.900 bits per heavy atom. The second kappa shape index (κ2) is 11.6. The molecular weight excluding hydrogens is 631 g/mol. The number of hydrogen-bond donors (Lipinski definition) is 0. The molecule has 0 saturated heterocycles. The lowest BCUT2D eigenvalue weighted by Crippen LogP contribution is -2.00. The molecule has 0 N–H and O–H groups in total. The summed E-state index contributed by atoms with van der Waals surface area (Å²) in [6.45, 7) is 0. The number of para-hydroxylation sites is 2. The first-order chi connectivity index (χ1) is 24.8. The van der Waals surface area contributed by atoms with Crippen LogP contribution in [-0.4, -0.2) is 24.5 Å². The topological polar surface area (TPSA) is 56.5 Å². The van der Waals surface area contributed by atoms with E-state index in [-0.39, 0.29) is 0 Å². The van der Waals surface area contributed by atoms with Gasteiger partial charge in [0.15, 0.2) is 17.5 Å². The lowest BCUT2D eigenvalue weighted by molar-refractivity contribution is 1.07. The molecule has 0 radical (unpaired) electrons. The van der Waals surface area contributed by atoms with Crippen molar-refractivity contribution in [2.24, 2.45) is 0 Å². The molecule has 0 aliphatic rings. The summed E-state index contributed by atoms with van der Waals surface area (Å²) >= 11 is 1.75. The molecule has 5 nitrogen and oxygen atoms in total. The molecule has 0 amide bonds. The van der Waals surface area contributed by atoms with Crippen LogP contribution in [0.1, 0.15) is 0 Å². The SMILES string of the molecule is c1ccc(-c2nc(-c3ccccc3)nc(-c3ccc(-c4nc5sc6ccccc6c5c5c6ccccc6n(-c6ccccc6)c45)cc3)n2)cc1. The Bertz CT molecular complexity index is 2780. The minimum absolute atomic E-state index is 0.626. The van der Waals surface area contributed by atoms with Crippen molar-refractivity contribution < 1.29 is 0 Å². The first-order valence-corrected chi connectivity index (χ1v) is 17.4. The molecule has 0 aliphatic heterocycles. The van der Waals surface area contributed by atoms with E-state index in [0.717, 1.165) is 49.5 Å². The van der Waals surface area contributed by atoms with Gasteiger partial charge in [-0.1, -0.05) is 140 Å². The normalized spacial score (nSPS) is 11.6. The minimum Gasteiger partial charge on any atom is -0.307 e. The Kier molecular flexibility index (Phi) is 6.60. The fraction of sp³-hybridized carbons (Fsp3) is 0. The first-order valence-electron chi connectivity index (χ1n) is 16.6. The van der Waals surface area contributed by atoms with E-state index in [0.29, 0.717) is 17.5 Å². The van der Waals surface area contributed by atoms with Crippen LogP contribution in [0.25, 0.3) is 93.2 Å².